The molecule has 1 saturated carbocycles. The van der Waals surface area contributed by atoms with Crippen molar-refractivity contribution in [2.24, 2.45) is 0 Å². The van der Waals surface area contributed by atoms with E-state index in [4.69, 9.17) is 5.73 Å². The highest BCUT2D eigenvalue weighted by Gasteiger charge is 2.19. The summed E-state index contributed by atoms with van der Waals surface area (Å²) in [6.07, 6.45) is 6.82. The zero-order valence-corrected chi connectivity index (χ0v) is 9.63. The van der Waals surface area contributed by atoms with Crippen LogP contribution in [0.4, 0.5) is 5.95 Å². The van der Waals surface area contributed by atoms with Crippen molar-refractivity contribution in [3.63, 3.8) is 0 Å². The van der Waals surface area contributed by atoms with E-state index in [1.165, 1.54) is 25.7 Å². The van der Waals surface area contributed by atoms with Gasteiger partial charge in [-0.25, -0.2) is 9.97 Å². The van der Waals surface area contributed by atoms with E-state index < -0.39 is 0 Å². The lowest BCUT2D eigenvalue weighted by atomic mass is 10.4. The summed E-state index contributed by atoms with van der Waals surface area (Å²) in [6, 6.07) is 0. The lowest BCUT2D eigenvalue weighted by Gasteiger charge is -2.08. The average molecular weight is 235 g/mol. The van der Waals surface area contributed by atoms with Crippen LogP contribution < -0.4 is 5.73 Å². The van der Waals surface area contributed by atoms with Gasteiger partial charge in [-0.05, 0) is 12.8 Å². The first-order chi connectivity index (χ1) is 7.83. The number of fused-ring (bicyclic) bond motifs is 1. The van der Waals surface area contributed by atoms with Crippen LogP contribution in [0.15, 0.2) is 11.4 Å². The first kappa shape index (κ1) is 9.89. The number of H-pyrrole nitrogens is 1. The summed E-state index contributed by atoms with van der Waals surface area (Å²) < 4.78 is 0. The van der Waals surface area contributed by atoms with E-state index >= 15 is 0 Å². The Morgan fingerprint density at radius 3 is 2.94 bits per heavy atom. The van der Waals surface area contributed by atoms with E-state index in [1.807, 2.05) is 0 Å². The Morgan fingerprint density at radius 1 is 1.31 bits per heavy atom. The second kappa shape index (κ2) is 3.93. The molecular weight excluding hydrogens is 222 g/mol. The molecule has 0 amide bonds. The molecule has 84 valence electrons. The third-order valence-electron chi connectivity index (χ3n) is 2.85. The Bertz CT molecular complexity index is 503. The molecule has 2 aromatic rings. The Hall–Kier alpha value is -1.30. The second-order valence-electron chi connectivity index (χ2n) is 4.01. The number of rotatable bonds is 2. The minimum Gasteiger partial charge on any atom is -0.368 e. The fraction of sp³-hybridized carbons (Fsp3) is 0.500. The first-order valence-electron chi connectivity index (χ1n) is 5.46. The Labute approximate surface area is 97.3 Å². The molecule has 6 heteroatoms. The smallest absolute Gasteiger partial charge is 0.223 e. The van der Waals surface area contributed by atoms with Crippen molar-refractivity contribution in [2.45, 2.75) is 36.0 Å². The van der Waals surface area contributed by atoms with Gasteiger partial charge in [0.15, 0.2) is 5.65 Å². The van der Waals surface area contributed by atoms with E-state index in [-0.39, 0.29) is 0 Å². The summed E-state index contributed by atoms with van der Waals surface area (Å²) >= 11 is 1.80. The molecule has 0 spiro atoms. The standard InChI is InChI=1S/C10H13N5S/c11-10-14-8-7(12-5-13-8)9(15-10)16-6-3-1-2-4-6/h5-6H,1-4H2,(H3,11,12,13,14,15). The van der Waals surface area contributed by atoms with Crippen LogP contribution in [0.3, 0.4) is 0 Å². The molecule has 1 fully saturated rings. The topological polar surface area (TPSA) is 80.5 Å². The number of thioether (sulfide) groups is 1. The van der Waals surface area contributed by atoms with Crippen LogP contribution in [0.25, 0.3) is 11.2 Å². The molecule has 0 saturated heterocycles. The third-order valence-corrected chi connectivity index (χ3v) is 4.17. The molecule has 0 radical (unpaired) electrons. The van der Waals surface area contributed by atoms with Crippen LogP contribution in [0.1, 0.15) is 25.7 Å². The van der Waals surface area contributed by atoms with E-state index in [0.717, 1.165) is 10.5 Å². The van der Waals surface area contributed by atoms with Crippen LogP contribution in [-0.4, -0.2) is 25.2 Å². The van der Waals surface area contributed by atoms with Crippen LogP contribution in [0.5, 0.6) is 0 Å². The summed E-state index contributed by atoms with van der Waals surface area (Å²) in [4.78, 5) is 15.6. The molecule has 2 heterocycles. The fourth-order valence-electron chi connectivity index (χ4n) is 2.07. The van der Waals surface area contributed by atoms with Crippen molar-refractivity contribution >= 4 is 28.9 Å². The largest absolute Gasteiger partial charge is 0.368 e. The van der Waals surface area contributed by atoms with Crippen molar-refractivity contribution < 1.29 is 0 Å². The van der Waals surface area contributed by atoms with E-state index in [2.05, 4.69) is 19.9 Å². The summed E-state index contributed by atoms with van der Waals surface area (Å²) in [7, 11) is 0. The minimum absolute atomic E-state index is 0.306. The van der Waals surface area contributed by atoms with Crippen molar-refractivity contribution in [1.29, 1.82) is 0 Å². The van der Waals surface area contributed by atoms with E-state index in [9.17, 15) is 0 Å². The fourth-order valence-corrected chi connectivity index (χ4v) is 3.37. The first-order valence-corrected chi connectivity index (χ1v) is 6.34. The Balaban J connectivity index is 1.97. The highest BCUT2D eigenvalue weighted by Crippen LogP contribution is 2.35. The van der Waals surface area contributed by atoms with Gasteiger partial charge in [-0.2, -0.15) is 4.98 Å². The predicted molar refractivity (Wildman–Crippen MR) is 64.2 cm³/mol. The number of nitrogens with zero attached hydrogens (tertiary/aromatic N) is 3. The number of nitrogen functional groups attached to an aromatic ring is 1. The number of hydrogen-bond donors (Lipinski definition) is 2. The lowest BCUT2D eigenvalue weighted by molar-refractivity contribution is 0.886. The van der Waals surface area contributed by atoms with Gasteiger partial charge in [-0.1, -0.05) is 12.8 Å². The van der Waals surface area contributed by atoms with Gasteiger partial charge in [0.25, 0.3) is 0 Å². The maximum atomic E-state index is 5.67. The third kappa shape index (κ3) is 1.73. The van der Waals surface area contributed by atoms with Gasteiger partial charge in [0.1, 0.15) is 10.5 Å². The molecule has 1 aliphatic rings. The lowest BCUT2D eigenvalue weighted by Crippen LogP contribution is -2.00. The second-order valence-corrected chi connectivity index (χ2v) is 5.30. The van der Waals surface area contributed by atoms with E-state index in [0.29, 0.717) is 16.8 Å². The number of anilines is 1. The normalized spacial score (nSPS) is 17.2. The van der Waals surface area contributed by atoms with Gasteiger partial charge in [-0.3, -0.25) is 0 Å². The van der Waals surface area contributed by atoms with Crippen molar-refractivity contribution in [3.8, 4) is 0 Å². The van der Waals surface area contributed by atoms with Crippen LogP contribution >= 0.6 is 11.8 Å². The monoisotopic (exact) mass is 235 g/mol. The summed E-state index contributed by atoms with van der Waals surface area (Å²) in [5, 5.41) is 1.60. The number of aromatic nitrogens is 4. The summed E-state index contributed by atoms with van der Waals surface area (Å²) in [5.74, 6) is 0.306. The van der Waals surface area contributed by atoms with Crippen molar-refractivity contribution in [2.75, 3.05) is 5.73 Å². The van der Waals surface area contributed by atoms with Crippen LogP contribution in [-0.2, 0) is 0 Å². The highest BCUT2D eigenvalue weighted by atomic mass is 32.2. The molecule has 0 unspecified atom stereocenters. The number of imidazole rings is 1. The Morgan fingerprint density at radius 2 is 2.12 bits per heavy atom. The maximum absolute atomic E-state index is 5.67. The number of nitrogens with two attached hydrogens (primary N) is 1. The molecule has 1 aliphatic carbocycles. The molecule has 2 aromatic heterocycles. The Kier molecular flexibility index (Phi) is 2.43. The zero-order chi connectivity index (χ0) is 11.0. The molecule has 0 aliphatic heterocycles. The molecule has 0 atom stereocenters. The van der Waals surface area contributed by atoms with Crippen molar-refractivity contribution in [1.82, 2.24) is 19.9 Å². The molecule has 3 N–H and O–H groups in total. The highest BCUT2D eigenvalue weighted by molar-refractivity contribution is 8.00. The zero-order valence-electron chi connectivity index (χ0n) is 8.81. The molecular formula is C10H13N5S. The van der Waals surface area contributed by atoms with Gasteiger partial charge in [0, 0.05) is 5.25 Å². The predicted octanol–water partition coefficient (Wildman–Crippen LogP) is 1.97. The van der Waals surface area contributed by atoms with Crippen LogP contribution in [0, 0.1) is 0 Å². The van der Waals surface area contributed by atoms with Crippen molar-refractivity contribution in [3.05, 3.63) is 6.33 Å². The van der Waals surface area contributed by atoms with E-state index in [1.54, 1.807) is 18.1 Å². The van der Waals surface area contributed by atoms with Gasteiger partial charge in [-0.15, -0.1) is 11.8 Å². The van der Waals surface area contributed by atoms with Crippen LogP contribution in [0.2, 0.25) is 0 Å². The summed E-state index contributed by atoms with van der Waals surface area (Å²) in [5.41, 5.74) is 7.24. The molecule has 0 bridgehead atoms. The number of nitrogens with one attached hydrogen (secondary N) is 1. The van der Waals surface area contributed by atoms with Gasteiger partial charge in [0.05, 0.1) is 6.33 Å². The molecule has 5 nitrogen and oxygen atoms in total. The molecule has 16 heavy (non-hydrogen) atoms. The van der Waals surface area contributed by atoms with Gasteiger partial charge >= 0.3 is 0 Å². The maximum Gasteiger partial charge on any atom is 0.223 e. The number of aromatic amines is 1. The van der Waals surface area contributed by atoms with Gasteiger partial charge < -0.3 is 10.7 Å². The summed E-state index contributed by atoms with van der Waals surface area (Å²) in [6.45, 7) is 0. The minimum atomic E-state index is 0.306. The number of hydrogen-bond acceptors (Lipinski definition) is 5. The average Bonchev–Trinajstić information content (AvgIpc) is 2.87. The van der Waals surface area contributed by atoms with Gasteiger partial charge in [0.2, 0.25) is 5.95 Å². The molecule has 0 aromatic carbocycles. The SMILES string of the molecule is Nc1nc(SC2CCCC2)c2[nH]cnc2n1. The quantitative estimate of drug-likeness (QED) is 0.778. The molecule has 3 rings (SSSR count).